The van der Waals surface area contributed by atoms with Gasteiger partial charge in [0.05, 0.1) is 4.90 Å². The summed E-state index contributed by atoms with van der Waals surface area (Å²) in [5, 5.41) is 0. The largest absolute Gasteiger partial charge is 0.399 e. The van der Waals surface area contributed by atoms with Gasteiger partial charge in [-0.3, -0.25) is 0 Å². The van der Waals surface area contributed by atoms with Crippen molar-refractivity contribution in [3.8, 4) is 11.1 Å². The summed E-state index contributed by atoms with van der Waals surface area (Å²) >= 11 is 0. The second-order valence-corrected chi connectivity index (χ2v) is 7.21. The Kier molecular flexibility index (Phi) is 3.47. The molecule has 1 fully saturated rings. The zero-order valence-electron chi connectivity index (χ0n) is 11.8. The van der Waals surface area contributed by atoms with Crippen LogP contribution in [0.5, 0.6) is 0 Å². The third-order valence-electron chi connectivity index (χ3n) is 3.64. The minimum Gasteiger partial charge on any atom is -0.399 e. The maximum atomic E-state index is 12.1. The van der Waals surface area contributed by atoms with Crippen LogP contribution >= 0.6 is 0 Å². The lowest BCUT2D eigenvalue weighted by Crippen LogP contribution is -2.25. The zero-order valence-corrected chi connectivity index (χ0v) is 12.7. The van der Waals surface area contributed by atoms with Crippen LogP contribution in [0.1, 0.15) is 18.4 Å². The highest BCUT2D eigenvalue weighted by molar-refractivity contribution is 7.89. The summed E-state index contributed by atoms with van der Waals surface area (Å²) in [5.74, 6) is 0. The van der Waals surface area contributed by atoms with E-state index in [1.165, 1.54) is 0 Å². The molecule has 0 aliphatic heterocycles. The van der Waals surface area contributed by atoms with Crippen LogP contribution in [0.25, 0.3) is 11.1 Å². The van der Waals surface area contributed by atoms with Crippen LogP contribution in [-0.2, 0) is 10.0 Å². The van der Waals surface area contributed by atoms with E-state index in [9.17, 15) is 8.42 Å². The van der Waals surface area contributed by atoms with E-state index in [2.05, 4.69) is 4.72 Å². The van der Waals surface area contributed by atoms with E-state index < -0.39 is 10.0 Å². The number of anilines is 1. The maximum Gasteiger partial charge on any atom is 0.240 e. The molecule has 3 N–H and O–H groups in total. The number of benzene rings is 2. The fourth-order valence-electron chi connectivity index (χ4n) is 2.25. The van der Waals surface area contributed by atoms with E-state index in [4.69, 9.17) is 5.73 Å². The van der Waals surface area contributed by atoms with Crippen LogP contribution in [0.2, 0.25) is 0 Å². The molecule has 1 saturated carbocycles. The number of hydrogen-bond donors (Lipinski definition) is 2. The molecule has 0 aromatic heterocycles. The van der Waals surface area contributed by atoms with Crippen LogP contribution in [-0.4, -0.2) is 14.5 Å². The molecule has 5 heteroatoms. The molecule has 2 aromatic carbocycles. The fraction of sp³-hybridized carbons (Fsp3) is 0.250. The van der Waals surface area contributed by atoms with Crippen molar-refractivity contribution in [2.45, 2.75) is 30.7 Å². The van der Waals surface area contributed by atoms with Crippen LogP contribution in [0, 0.1) is 6.92 Å². The van der Waals surface area contributed by atoms with Crippen molar-refractivity contribution in [2.24, 2.45) is 0 Å². The average Bonchev–Trinajstić information content (AvgIpc) is 3.25. The highest BCUT2D eigenvalue weighted by Gasteiger charge is 2.27. The number of sulfonamides is 1. The van der Waals surface area contributed by atoms with Gasteiger partial charge in [0.2, 0.25) is 10.0 Å². The summed E-state index contributed by atoms with van der Waals surface area (Å²) in [4.78, 5) is 0.305. The summed E-state index contributed by atoms with van der Waals surface area (Å²) in [6, 6.07) is 12.8. The minimum atomic E-state index is -3.39. The summed E-state index contributed by atoms with van der Waals surface area (Å²) in [6.07, 6.45) is 1.86. The van der Waals surface area contributed by atoms with E-state index in [0.717, 1.165) is 29.5 Å². The molecule has 4 nitrogen and oxygen atoms in total. The van der Waals surface area contributed by atoms with Gasteiger partial charge < -0.3 is 5.73 Å². The quantitative estimate of drug-likeness (QED) is 0.853. The van der Waals surface area contributed by atoms with Crippen LogP contribution in [0.4, 0.5) is 5.69 Å². The molecule has 1 aliphatic rings. The Morgan fingerprint density at radius 2 is 1.76 bits per heavy atom. The first-order chi connectivity index (χ1) is 9.95. The topological polar surface area (TPSA) is 72.2 Å². The van der Waals surface area contributed by atoms with Gasteiger partial charge in [-0.2, -0.15) is 0 Å². The van der Waals surface area contributed by atoms with Gasteiger partial charge in [0.1, 0.15) is 0 Å². The van der Waals surface area contributed by atoms with E-state index >= 15 is 0 Å². The standard InChI is InChI=1S/C16H18N2O2S/c1-11-2-5-13(17)10-16(11)12-3-8-15(9-4-12)21(19,20)18-14-6-7-14/h2-5,8-10,14,18H,6-7,17H2,1H3. The van der Waals surface area contributed by atoms with Crippen molar-refractivity contribution in [3.05, 3.63) is 48.0 Å². The summed E-state index contributed by atoms with van der Waals surface area (Å²) < 4.78 is 26.9. The first-order valence-electron chi connectivity index (χ1n) is 6.94. The minimum absolute atomic E-state index is 0.117. The molecular formula is C16H18N2O2S. The molecule has 0 atom stereocenters. The second kappa shape index (κ2) is 5.16. The van der Waals surface area contributed by atoms with Crippen molar-refractivity contribution in [1.82, 2.24) is 4.72 Å². The Hall–Kier alpha value is -1.85. The molecule has 0 bridgehead atoms. The molecule has 0 amide bonds. The van der Waals surface area contributed by atoms with Gasteiger partial charge in [0, 0.05) is 11.7 Å². The first kappa shape index (κ1) is 14.1. The molecule has 21 heavy (non-hydrogen) atoms. The Bertz CT molecular complexity index is 763. The molecule has 0 unspecified atom stereocenters. The van der Waals surface area contributed by atoms with Gasteiger partial charge >= 0.3 is 0 Å². The Balaban J connectivity index is 1.91. The first-order valence-corrected chi connectivity index (χ1v) is 8.43. The number of nitrogens with one attached hydrogen (secondary N) is 1. The van der Waals surface area contributed by atoms with Crippen molar-refractivity contribution in [1.29, 1.82) is 0 Å². The third-order valence-corrected chi connectivity index (χ3v) is 5.17. The number of aryl methyl sites for hydroxylation is 1. The normalized spacial score (nSPS) is 15.1. The lowest BCUT2D eigenvalue weighted by Gasteiger charge is -2.09. The van der Waals surface area contributed by atoms with E-state index in [1.807, 2.05) is 37.3 Å². The summed E-state index contributed by atoms with van der Waals surface area (Å²) in [6.45, 7) is 2.01. The average molecular weight is 302 g/mol. The Morgan fingerprint density at radius 1 is 1.10 bits per heavy atom. The predicted octanol–water partition coefficient (Wildman–Crippen LogP) is 2.68. The number of nitrogens with two attached hydrogens (primary N) is 1. The van der Waals surface area contributed by atoms with Gasteiger partial charge in [-0.1, -0.05) is 18.2 Å². The van der Waals surface area contributed by atoms with Crippen LogP contribution in [0.3, 0.4) is 0 Å². The predicted molar refractivity (Wildman–Crippen MR) is 84.4 cm³/mol. The van der Waals surface area contributed by atoms with Gasteiger partial charge in [-0.15, -0.1) is 0 Å². The van der Waals surface area contributed by atoms with E-state index in [1.54, 1.807) is 12.1 Å². The van der Waals surface area contributed by atoms with Crippen molar-refractivity contribution >= 4 is 15.7 Å². The molecule has 0 radical (unpaired) electrons. The van der Waals surface area contributed by atoms with Crippen molar-refractivity contribution < 1.29 is 8.42 Å². The number of nitrogen functional groups attached to an aromatic ring is 1. The summed E-state index contributed by atoms with van der Waals surface area (Å²) in [5.41, 5.74) is 9.61. The van der Waals surface area contributed by atoms with Crippen LogP contribution in [0.15, 0.2) is 47.4 Å². The van der Waals surface area contributed by atoms with Gasteiger partial charge in [-0.25, -0.2) is 13.1 Å². The smallest absolute Gasteiger partial charge is 0.240 e. The highest BCUT2D eigenvalue weighted by atomic mass is 32.2. The fourth-order valence-corrected chi connectivity index (χ4v) is 3.56. The molecule has 1 aliphatic carbocycles. The lowest BCUT2D eigenvalue weighted by atomic mass is 10.0. The van der Waals surface area contributed by atoms with Gasteiger partial charge in [0.25, 0.3) is 0 Å². The maximum absolute atomic E-state index is 12.1. The van der Waals surface area contributed by atoms with Crippen molar-refractivity contribution in [2.75, 3.05) is 5.73 Å². The zero-order chi connectivity index (χ0) is 15.0. The Labute approximate surface area is 125 Å². The molecular weight excluding hydrogens is 284 g/mol. The molecule has 0 heterocycles. The second-order valence-electron chi connectivity index (χ2n) is 5.49. The monoisotopic (exact) mass is 302 g/mol. The molecule has 0 saturated heterocycles. The van der Waals surface area contributed by atoms with Gasteiger partial charge in [0.15, 0.2) is 0 Å². The highest BCUT2D eigenvalue weighted by Crippen LogP contribution is 2.27. The van der Waals surface area contributed by atoms with Crippen LogP contribution < -0.4 is 10.5 Å². The SMILES string of the molecule is Cc1ccc(N)cc1-c1ccc(S(=O)(=O)NC2CC2)cc1. The van der Waals surface area contributed by atoms with E-state index in [0.29, 0.717) is 10.6 Å². The van der Waals surface area contributed by atoms with Gasteiger partial charge in [-0.05, 0) is 60.7 Å². The number of hydrogen-bond acceptors (Lipinski definition) is 3. The molecule has 3 rings (SSSR count). The molecule has 2 aromatic rings. The molecule has 0 spiro atoms. The number of rotatable bonds is 4. The Morgan fingerprint density at radius 3 is 2.38 bits per heavy atom. The molecule has 110 valence electrons. The third kappa shape index (κ3) is 3.09. The lowest BCUT2D eigenvalue weighted by molar-refractivity contribution is 0.581. The summed E-state index contributed by atoms with van der Waals surface area (Å²) in [7, 11) is -3.39. The van der Waals surface area contributed by atoms with E-state index in [-0.39, 0.29) is 6.04 Å². The van der Waals surface area contributed by atoms with Crippen molar-refractivity contribution in [3.63, 3.8) is 0 Å².